The highest BCUT2D eigenvalue weighted by molar-refractivity contribution is 6.31. The van der Waals surface area contributed by atoms with Crippen LogP contribution in [-0.4, -0.2) is 23.3 Å². The molecular formula is C22H20ClN3O2. The number of halogens is 1. The minimum Gasteiger partial charge on any atom is -0.348 e. The molecule has 3 rings (SSSR count). The van der Waals surface area contributed by atoms with Gasteiger partial charge in [-0.2, -0.15) is 0 Å². The van der Waals surface area contributed by atoms with Gasteiger partial charge in [0.2, 0.25) is 0 Å². The predicted octanol–water partition coefficient (Wildman–Crippen LogP) is 4.33. The van der Waals surface area contributed by atoms with Gasteiger partial charge in [-0.15, -0.1) is 0 Å². The summed E-state index contributed by atoms with van der Waals surface area (Å²) in [6.45, 7) is 2.70. The molecule has 0 aliphatic rings. The number of carbonyl (C=O) groups excluding carboxylic acids is 2. The molecule has 2 aromatic carbocycles. The van der Waals surface area contributed by atoms with E-state index in [2.05, 4.69) is 10.3 Å². The largest absolute Gasteiger partial charge is 0.348 e. The van der Waals surface area contributed by atoms with Crippen molar-refractivity contribution in [2.24, 2.45) is 0 Å². The van der Waals surface area contributed by atoms with Crippen LogP contribution in [0.25, 0.3) is 0 Å². The van der Waals surface area contributed by atoms with E-state index in [-0.39, 0.29) is 11.8 Å². The van der Waals surface area contributed by atoms with Crippen LogP contribution in [0.15, 0.2) is 73.1 Å². The molecule has 0 fully saturated rings. The minimum absolute atomic E-state index is 0.207. The molecule has 2 amide bonds. The second kappa shape index (κ2) is 9.15. The average molecular weight is 394 g/mol. The number of hydrogen-bond donors (Lipinski definition) is 1. The zero-order chi connectivity index (χ0) is 19.9. The number of anilines is 1. The molecule has 1 aromatic heterocycles. The van der Waals surface area contributed by atoms with Gasteiger partial charge >= 0.3 is 0 Å². The maximum atomic E-state index is 12.9. The van der Waals surface area contributed by atoms with E-state index in [4.69, 9.17) is 11.6 Å². The van der Waals surface area contributed by atoms with Crippen LogP contribution in [0.5, 0.6) is 0 Å². The van der Waals surface area contributed by atoms with E-state index in [9.17, 15) is 9.59 Å². The van der Waals surface area contributed by atoms with Crippen molar-refractivity contribution in [1.82, 2.24) is 10.3 Å². The summed E-state index contributed by atoms with van der Waals surface area (Å²) < 4.78 is 0. The standard InChI is InChI=1S/C22H20ClN3O2/c1-2-26(19-9-4-3-5-10-19)22(28)18-12-17(13-24-14-18)21(27)25-15-16-8-6-7-11-20(16)23/h3-14H,2,15H2,1H3,(H,25,27). The smallest absolute Gasteiger partial charge is 0.259 e. The Morgan fingerprint density at radius 2 is 1.68 bits per heavy atom. The van der Waals surface area contributed by atoms with Crippen molar-refractivity contribution in [3.8, 4) is 0 Å². The summed E-state index contributed by atoms with van der Waals surface area (Å²) in [5.74, 6) is -0.521. The molecule has 0 aliphatic heterocycles. The van der Waals surface area contributed by atoms with Gasteiger partial charge in [0.05, 0.1) is 11.1 Å². The van der Waals surface area contributed by atoms with Crippen molar-refractivity contribution < 1.29 is 9.59 Å². The Balaban J connectivity index is 1.75. The van der Waals surface area contributed by atoms with Crippen molar-refractivity contribution in [1.29, 1.82) is 0 Å². The van der Waals surface area contributed by atoms with E-state index in [0.29, 0.717) is 29.2 Å². The molecule has 0 saturated heterocycles. The topological polar surface area (TPSA) is 62.3 Å². The number of nitrogens with one attached hydrogen (secondary N) is 1. The first-order valence-electron chi connectivity index (χ1n) is 8.93. The summed E-state index contributed by atoms with van der Waals surface area (Å²) in [5.41, 5.74) is 2.29. The highest BCUT2D eigenvalue weighted by atomic mass is 35.5. The number of pyridine rings is 1. The third kappa shape index (κ3) is 4.56. The lowest BCUT2D eigenvalue weighted by atomic mass is 10.1. The van der Waals surface area contributed by atoms with Crippen molar-refractivity contribution in [3.05, 3.63) is 94.8 Å². The Labute approximate surface area is 169 Å². The molecule has 0 unspecified atom stereocenters. The molecule has 6 heteroatoms. The summed E-state index contributed by atoms with van der Waals surface area (Å²) in [6, 6.07) is 18.3. The predicted molar refractivity (Wildman–Crippen MR) is 111 cm³/mol. The van der Waals surface area contributed by atoms with Gasteiger partial charge in [0.25, 0.3) is 11.8 Å². The second-order valence-electron chi connectivity index (χ2n) is 6.12. The van der Waals surface area contributed by atoms with Gasteiger partial charge in [0.1, 0.15) is 0 Å². The van der Waals surface area contributed by atoms with Crippen LogP contribution in [0.2, 0.25) is 5.02 Å². The fourth-order valence-corrected chi connectivity index (χ4v) is 3.01. The number of amides is 2. The van der Waals surface area contributed by atoms with Gasteiger partial charge in [-0.25, -0.2) is 0 Å². The zero-order valence-corrected chi connectivity index (χ0v) is 16.2. The first-order valence-corrected chi connectivity index (χ1v) is 9.31. The molecule has 1 N–H and O–H groups in total. The van der Waals surface area contributed by atoms with Gasteiger partial charge in [-0.05, 0) is 36.8 Å². The summed E-state index contributed by atoms with van der Waals surface area (Å²) in [4.78, 5) is 31.1. The molecule has 0 atom stereocenters. The van der Waals surface area contributed by atoms with E-state index in [0.717, 1.165) is 11.3 Å². The fourth-order valence-electron chi connectivity index (χ4n) is 2.81. The minimum atomic E-state index is -0.315. The van der Waals surface area contributed by atoms with Gasteiger partial charge in [0.15, 0.2) is 0 Å². The van der Waals surface area contributed by atoms with Gasteiger partial charge in [-0.3, -0.25) is 14.6 Å². The lowest BCUT2D eigenvalue weighted by molar-refractivity contribution is 0.0950. The van der Waals surface area contributed by atoms with E-state index in [1.54, 1.807) is 17.0 Å². The molecule has 5 nitrogen and oxygen atoms in total. The third-order valence-electron chi connectivity index (χ3n) is 4.27. The number of para-hydroxylation sites is 1. The number of hydrogen-bond acceptors (Lipinski definition) is 3. The molecular weight excluding hydrogens is 374 g/mol. The monoisotopic (exact) mass is 393 g/mol. The molecule has 0 aliphatic carbocycles. The third-order valence-corrected chi connectivity index (χ3v) is 4.64. The lowest BCUT2D eigenvalue weighted by Crippen LogP contribution is -2.31. The molecule has 0 spiro atoms. The van der Waals surface area contributed by atoms with Gasteiger partial charge in [0, 0.05) is 36.2 Å². The Kier molecular flexibility index (Phi) is 6.40. The van der Waals surface area contributed by atoms with Crippen molar-refractivity contribution in [2.75, 3.05) is 11.4 Å². The number of benzene rings is 2. The maximum Gasteiger partial charge on any atom is 0.259 e. The zero-order valence-electron chi connectivity index (χ0n) is 15.4. The molecule has 0 radical (unpaired) electrons. The fraction of sp³-hybridized carbons (Fsp3) is 0.136. The summed E-state index contributed by atoms with van der Waals surface area (Å²) in [5, 5.41) is 3.40. The number of rotatable bonds is 6. The lowest BCUT2D eigenvalue weighted by Gasteiger charge is -2.21. The van der Waals surface area contributed by atoms with Crippen molar-refractivity contribution in [2.45, 2.75) is 13.5 Å². The Morgan fingerprint density at radius 1 is 1.00 bits per heavy atom. The van der Waals surface area contributed by atoms with Crippen molar-refractivity contribution in [3.63, 3.8) is 0 Å². The van der Waals surface area contributed by atoms with E-state index in [1.807, 2.05) is 55.5 Å². The second-order valence-corrected chi connectivity index (χ2v) is 6.53. The molecule has 142 valence electrons. The van der Waals surface area contributed by atoms with Crippen LogP contribution in [-0.2, 0) is 6.54 Å². The number of nitrogens with zero attached hydrogens (tertiary/aromatic N) is 2. The number of carbonyl (C=O) groups is 2. The summed E-state index contributed by atoms with van der Waals surface area (Å²) in [6.07, 6.45) is 2.91. The average Bonchev–Trinajstić information content (AvgIpc) is 2.74. The Bertz CT molecular complexity index is 976. The molecule has 3 aromatic rings. The van der Waals surface area contributed by atoms with Crippen LogP contribution >= 0.6 is 11.6 Å². The summed E-state index contributed by atoms with van der Waals surface area (Å²) >= 11 is 6.12. The first kappa shape index (κ1) is 19.6. The van der Waals surface area contributed by atoms with Crippen LogP contribution in [0.3, 0.4) is 0 Å². The van der Waals surface area contributed by atoms with Crippen LogP contribution < -0.4 is 10.2 Å². The van der Waals surface area contributed by atoms with E-state index in [1.165, 1.54) is 12.4 Å². The Hall–Kier alpha value is -3.18. The van der Waals surface area contributed by atoms with Gasteiger partial charge in [-0.1, -0.05) is 48.0 Å². The number of aromatic nitrogens is 1. The molecule has 0 bridgehead atoms. The molecule has 28 heavy (non-hydrogen) atoms. The Morgan fingerprint density at radius 3 is 2.39 bits per heavy atom. The van der Waals surface area contributed by atoms with Crippen LogP contribution in [0, 0.1) is 0 Å². The van der Waals surface area contributed by atoms with Gasteiger partial charge < -0.3 is 10.2 Å². The maximum absolute atomic E-state index is 12.9. The quantitative estimate of drug-likeness (QED) is 0.677. The normalized spacial score (nSPS) is 10.4. The molecule has 0 saturated carbocycles. The van der Waals surface area contributed by atoms with Crippen molar-refractivity contribution >= 4 is 29.1 Å². The van der Waals surface area contributed by atoms with Crippen LogP contribution in [0.4, 0.5) is 5.69 Å². The van der Waals surface area contributed by atoms with E-state index < -0.39 is 0 Å². The summed E-state index contributed by atoms with van der Waals surface area (Å²) in [7, 11) is 0. The molecule has 1 heterocycles. The highest BCUT2D eigenvalue weighted by Crippen LogP contribution is 2.17. The SMILES string of the molecule is CCN(C(=O)c1cncc(C(=O)NCc2ccccc2Cl)c1)c1ccccc1. The van der Waals surface area contributed by atoms with E-state index >= 15 is 0 Å². The highest BCUT2D eigenvalue weighted by Gasteiger charge is 2.18. The first-order chi connectivity index (χ1) is 13.6. The van der Waals surface area contributed by atoms with Crippen LogP contribution in [0.1, 0.15) is 33.2 Å².